The summed E-state index contributed by atoms with van der Waals surface area (Å²) in [7, 11) is 0. The Hall–Kier alpha value is -3.53. The summed E-state index contributed by atoms with van der Waals surface area (Å²) in [4.78, 5) is 11.6. The highest BCUT2D eigenvalue weighted by Crippen LogP contribution is 2.46. The monoisotopic (exact) mass is 330 g/mol. The number of fused-ring (bicyclic) bond motifs is 2. The molecule has 0 aromatic heterocycles. The van der Waals surface area contributed by atoms with Crippen LogP contribution in [0, 0.1) is 0 Å². The quantitative estimate of drug-likeness (QED) is 0.495. The van der Waals surface area contributed by atoms with E-state index in [0.29, 0.717) is 21.9 Å². The van der Waals surface area contributed by atoms with Gasteiger partial charge in [-0.1, -0.05) is 66.7 Å². The van der Waals surface area contributed by atoms with Crippen molar-refractivity contribution in [3.8, 4) is 22.6 Å². The molecule has 0 fully saturated rings. The summed E-state index contributed by atoms with van der Waals surface area (Å²) in [5.41, 5.74) is 0.638. The highest BCUT2D eigenvalue weighted by molar-refractivity contribution is 6.14. The van der Waals surface area contributed by atoms with Crippen molar-refractivity contribution in [2.75, 3.05) is 0 Å². The first-order valence-corrected chi connectivity index (χ1v) is 7.77. The molecule has 4 aromatic carbocycles. The van der Waals surface area contributed by atoms with Gasteiger partial charge in [-0.25, -0.2) is 4.79 Å². The fraction of sp³-hybridized carbons (Fsp3) is 0. The maximum atomic E-state index is 11.6. The number of carbonyl (C=O) groups is 1. The van der Waals surface area contributed by atoms with Crippen molar-refractivity contribution in [2.24, 2.45) is 0 Å². The van der Waals surface area contributed by atoms with Gasteiger partial charge in [0.05, 0.1) is 0 Å². The van der Waals surface area contributed by atoms with Crippen molar-refractivity contribution in [3.05, 3.63) is 72.3 Å². The average molecular weight is 330 g/mol. The molecule has 0 bridgehead atoms. The Bertz CT molecular complexity index is 1140. The summed E-state index contributed by atoms with van der Waals surface area (Å²) in [5, 5.41) is 33.4. The van der Waals surface area contributed by atoms with E-state index in [1.54, 1.807) is 24.3 Å². The van der Waals surface area contributed by atoms with E-state index < -0.39 is 23.0 Å². The van der Waals surface area contributed by atoms with Gasteiger partial charge >= 0.3 is 5.97 Å². The molecule has 3 N–H and O–H groups in total. The molecular formula is C21H14O4. The lowest BCUT2D eigenvalue weighted by atomic mass is 9.90. The molecule has 4 nitrogen and oxygen atoms in total. The van der Waals surface area contributed by atoms with Crippen molar-refractivity contribution >= 4 is 27.5 Å². The molecule has 0 amide bonds. The molecule has 25 heavy (non-hydrogen) atoms. The van der Waals surface area contributed by atoms with Crippen molar-refractivity contribution in [3.63, 3.8) is 0 Å². The van der Waals surface area contributed by atoms with Crippen LogP contribution in [0.3, 0.4) is 0 Å². The molecule has 0 saturated heterocycles. The van der Waals surface area contributed by atoms with Crippen LogP contribution in [0.1, 0.15) is 10.4 Å². The van der Waals surface area contributed by atoms with E-state index in [4.69, 9.17) is 0 Å². The first-order chi connectivity index (χ1) is 12.1. The minimum Gasteiger partial charge on any atom is -0.506 e. The second-order valence-electron chi connectivity index (χ2n) is 5.82. The smallest absolute Gasteiger partial charge is 0.343 e. The summed E-state index contributed by atoms with van der Waals surface area (Å²) in [6.45, 7) is 0. The minimum atomic E-state index is -1.37. The predicted molar refractivity (Wildman–Crippen MR) is 97.2 cm³/mol. The van der Waals surface area contributed by atoms with Crippen LogP contribution in [-0.4, -0.2) is 21.3 Å². The maximum absolute atomic E-state index is 11.6. The summed E-state index contributed by atoms with van der Waals surface area (Å²) < 4.78 is 0. The van der Waals surface area contributed by atoms with E-state index >= 15 is 0 Å². The highest BCUT2D eigenvalue weighted by Gasteiger charge is 2.24. The number of aromatic hydroxyl groups is 2. The van der Waals surface area contributed by atoms with Gasteiger partial charge in [-0.05, 0) is 21.7 Å². The number of carboxylic acid groups (broad SMARTS) is 1. The van der Waals surface area contributed by atoms with Crippen LogP contribution in [-0.2, 0) is 0 Å². The molecule has 122 valence electrons. The standard InChI is InChI=1S/C21H14O4/c22-19-16-10-4-3-9-15(16)17(20(23)18(19)21(24)25)14-11-5-7-12-6-1-2-8-13(12)14/h1-11,22-23H,(H,24,25). The maximum Gasteiger partial charge on any atom is 0.343 e. The van der Waals surface area contributed by atoms with Gasteiger partial charge in [0.1, 0.15) is 17.1 Å². The van der Waals surface area contributed by atoms with Crippen LogP contribution in [0.25, 0.3) is 32.7 Å². The Balaban J connectivity index is 2.23. The molecule has 0 aliphatic heterocycles. The number of aromatic carboxylic acids is 1. The average Bonchev–Trinajstić information content (AvgIpc) is 2.62. The Kier molecular flexibility index (Phi) is 3.32. The highest BCUT2D eigenvalue weighted by atomic mass is 16.4. The van der Waals surface area contributed by atoms with Gasteiger partial charge in [0.25, 0.3) is 0 Å². The number of hydrogen-bond acceptors (Lipinski definition) is 3. The largest absolute Gasteiger partial charge is 0.506 e. The Morgan fingerprint density at radius 1 is 0.680 bits per heavy atom. The van der Waals surface area contributed by atoms with Crippen LogP contribution in [0.2, 0.25) is 0 Å². The van der Waals surface area contributed by atoms with E-state index in [2.05, 4.69) is 0 Å². The molecule has 4 heteroatoms. The zero-order valence-corrected chi connectivity index (χ0v) is 13.1. The minimum absolute atomic E-state index is 0.389. The Morgan fingerprint density at radius 2 is 1.28 bits per heavy atom. The second-order valence-corrected chi connectivity index (χ2v) is 5.82. The molecular weight excluding hydrogens is 316 g/mol. The third-order valence-electron chi connectivity index (χ3n) is 4.43. The first-order valence-electron chi connectivity index (χ1n) is 7.77. The molecule has 4 rings (SSSR count). The van der Waals surface area contributed by atoms with Gasteiger partial charge in [-0.2, -0.15) is 0 Å². The molecule has 0 atom stereocenters. The topological polar surface area (TPSA) is 77.8 Å². The number of benzene rings is 4. The fourth-order valence-corrected chi connectivity index (χ4v) is 3.33. The lowest BCUT2D eigenvalue weighted by Gasteiger charge is -2.16. The Morgan fingerprint density at radius 3 is 2.00 bits per heavy atom. The van der Waals surface area contributed by atoms with Crippen LogP contribution in [0.4, 0.5) is 0 Å². The predicted octanol–water partition coefficient (Wildman–Crippen LogP) is 4.77. The van der Waals surface area contributed by atoms with Gasteiger partial charge in [-0.15, -0.1) is 0 Å². The van der Waals surface area contributed by atoms with Crippen molar-refractivity contribution in [1.82, 2.24) is 0 Å². The van der Waals surface area contributed by atoms with Crippen molar-refractivity contribution in [1.29, 1.82) is 0 Å². The molecule has 4 aromatic rings. The lowest BCUT2D eigenvalue weighted by Crippen LogP contribution is -2.00. The second kappa shape index (κ2) is 5.53. The number of phenols is 2. The summed E-state index contributed by atoms with van der Waals surface area (Å²) >= 11 is 0. The van der Waals surface area contributed by atoms with Crippen LogP contribution in [0.5, 0.6) is 11.5 Å². The number of hydrogen-bond donors (Lipinski definition) is 3. The SMILES string of the molecule is O=C(O)c1c(O)c(-c2cccc3ccccc23)c2ccccc2c1O. The van der Waals surface area contributed by atoms with Gasteiger partial charge < -0.3 is 15.3 Å². The summed E-state index contributed by atoms with van der Waals surface area (Å²) in [6, 6.07) is 20.3. The zero-order chi connectivity index (χ0) is 17.6. The van der Waals surface area contributed by atoms with Gasteiger partial charge in [0.15, 0.2) is 0 Å². The van der Waals surface area contributed by atoms with Crippen molar-refractivity contribution in [2.45, 2.75) is 0 Å². The summed E-state index contributed by atoms with van der Waals surface area (Å²) in [6.07, 6.45) is 0. The van der Waals surface area contributed by atoms with E-state index in [-0.39, 0.29) is 0 Å². The number of rotatable bonds is 2. The van der Waals surface area contributed by atoms with Gasteiger partial charge in [-0.3, -0.25) is 0 Å². The van der Waals surface area contributed by atoms with E-state index in [9.17, 15) is 20.1 Å². The first kappa shape index (κ1) is 15.0. The molecule has 0 aliphatic carbocycles. The molecule has 0 heterocycles. The van der Waals surface area contributed by atoms with Gasteiger partial charge in [0, 0.05) is 10.9 Å². The normalized spacial score (nSPS) is 11.0. The number of carboxylic acids is 1. The van der Waals surface area contributed by atoms with E-state index in [1.165, 1.54) is 0 Å². The van der Waals surface area contributed by atoms with Gasteiger partial charge in [0.2, 0.25) is 0 Å². The van der Waals surface area contributed by atoms with Crippen molar-refractivity contribution < 1.29 is 20.1 Å². The molecule has 0 spiro atoms. The third-order valence-corrected chi connectivity index (χ3v) is 4.43. The molecule has 0 unspecified atom stereocenters. The third kappa shape index (κ3) is 2.19. The molecule has 0 radical (unpaired) electrons. The summed E-state index contributed by atoms with van der Waals surface area (Å²) in [5.74, 6) is -2.23. The van der Waals surface area contributed by atoms with Crippen LogP contribution in [0.15, 0.2) is 66.7 Å². The van der Waals surface area contributed by atoms with Crippen LogP contribution < -0.4 is 0 Å². The van der Waals surface area contributed by atoms with E-state index in [0.717, 1.165) is 10.8 Å². The molecule has 0 aliphatic rings. The fourth-order valence-electron chi connectivity index (χ4n) is 3.33. The van der Waals surface area contributed by atoms with E-state index in [1.807, 2.05) is 42.5 Å². The van der Waals surface area contributed by atoms with Crippen LogP contribution >= 0.6 is 0 Å². The molecule has 0 saturated carbocycles. The lowest BCUT2D eigenvalue weighted by molar-refractivity contribution is 0.0691. The Labute approximate surface area is 143 Å². The zero-order valence-electron chi connectivity index (χ0n) is 13.1.